The zero-order valence-corrected chi connectivity index (χ0v) is 13.3. The lowest BCUT2D eigenvalue weighted by molar-refractivity contribution is -0.660. The number of aryl methyl sites for hydroxylation is 2. The summed E-state index contributed by atoms with van der Waals surface area (Å²) in [5.41, 5.74) is 9.32. The molecule has 1 heterocycles. The van der Waals surface area contributed by atoms with Crippen molar-refractivity contribution in [3.63, 3.8) is 0 Å². The Morgan fingerprint density at radius 3 is 2.61 bits per heavy atom. The Morgan fingerprint density at radius 1 is 1.04 bits per heavy atom. The van der Waals surface area contributed by atoms with Crippen LogP contribution in [0.3, 0.4) is 0 Å². The quantitative estimate of drug-likeness (QED) is 0.489. The number of aromatic nitrogens is 1. The molecule has 0 atom stereocenters. The molecule has 0 amide bonds. The molecule has 1 aliphatic carbocycles. The first-order valence-electron chi connectivity index (χ1n) is 7.80. The Hall–Kier alpha value is -2.92. The van der Waals surface area contributed by atoms with Crippen molar-refractivity contribution in [1.29, 1.82) is 5.26 Å². The smallest absolute Gasteiger partial charge is 0.201 e. The van der Waals surface area contributed by atoms with E-state index in [1.165, 1.54) is 27.9 Å². The maximum Gasteiger partial charge on any atom is 0.212 e. The van der Waals surface area contributed by atoms with Gasteiger partial charge in [-0.1, -0.05) is 24.3 Å². The van der Waals surface area contributed by atoms with E-state index in [-0.39, 0.29) is 0 Å². The molecule has 0 aliphatic heterocycles. The van der Waals surface area contributed by atoms with Crippen LogP contribution < -0.4 is 4.57 Å². The molecular weight excluding hydrogens is 280 g/mol. The molecule has 0 radical (unpaired) electrons. The minimum Gasteiger partial charge on any atom is -0.201 e. The monoisotopic (exact) mass is 297 g/mol. The number of nitriles is 1. The number of hydrogen-bond donors (Lipinski definition) is 0. The van der Waals surface area contributed by atoms with E-state index in [9.17, 15) is 5.26 Å². The highest BCUT2D eigenvalue weighted by Gasteiger charge is 2.28. The molecule has 0 spiro atoms. The van der Waals surface area contributed by atoms with Gasteiger partial charge in [0.15, 0.2) is 6.20 Å². The van der Waals surface area contributed by atoms with Gasteiger partial charge in [0.1, 0.15) is 7.05 Å². The Bertz CT molecular complexity index is 978. The third-order valence-corrected chi connectivity index (χ3v) is 4.71. The number of benzene rings is 2. The summed E-state index contributed by atoms with van der Waals surface area (Å²) >= 11 is 0. The molecule has 23 heavy (non-hydrogen) atoms. The summed E-state index contributed by atoms with van der Waals surface area (Å²) in [5, 5.41) is 9.61. The van der Waals surface area contributed by atoms with Crippen molar-refractivity contribution >= 4 is 0 Å². The van der Waals surface area contributed by atoms with Gasteiger partial charge in [0, 0.05) is 17.7 Å². The van der Waals surface area contributed by atoms with E-state index < -0.39 is 0 Å². The normalized spacial score (nSPS) is 11.7. The Labute approximate surface area is 136 Å². The number of rotatable bonds is 1. The fourth-order valence-corrected chi connectivity index (χ4v) is 3.71. The lowest BCUT2D eigenvalue weighted by atomic mass is 9.90. The second-order valence-electron chi connectivity index (χ2n) is 6.11. The van der Waals surface area contributed by atoms with Crippen LogP contribution in [-0.4, -0.2) is 0 Å². The third-order valence-electron chi connectivity index (χ3n) is 4.71. The molecule has 0 N–H and O–H groups in total. The van der Waals surface area contributed by atoms with E-state index in [2.05, 4.69) is 67.2 Å². The van der Waals surface area contributed by atoms with Crippen molar-refractivity contribution < 1.29 is 4.57 Å². The highest BCUT2D eigenvalue weighted by molar-refractivity contribution is 5.88. The van der Waals surface area contributed by atoms with Gasteiger partial charge in [-0.05, 0) is 47.7 Å². The molecule has 0 fully saturated rings. The van der Waals surface area contributed by atoms with Crippen LogP contribution in [0.15, 0.2) is 54.7 Å². The highest BCUT2D eigenvalue weighted by atomic mass is 14.9. The molecule has 110 valence electrons. The second-order valence-corrected chi connectivity index (χ2v) is 6.11. The van der Waals surface area contributed by atoms with Crippen molar-refractivity contribution in [2.75, 3.05) is 0 Å². The van der Waals surface area contributed by atoms with Gasteiger partial charge in [-0.3, -0.25) is 0 Å². The summed E-state index contributed by atoms with van der Waals surface area (Å²) in [5.74, 6) is 0. The fourth-order valence-electron chi connectivity index (χ4n) is 3.71. The third kappa shape index (κ3) is 1.98. The van der Waals surface area contributed by atoms with Crippen LogP contribution >= 0.6 is 0 Å². The minimum atomic E-state index is 0.782. The van der Waals surface area contributed by atoms with E-state index >= 15 is 0 Å². The van der Waals surface area contributed by atoms with Crippen molar-refractivity contribution in [3.05, 3.63) is 77.0 Å². The van der Waals surface area contributed by atoms with Gasteiger partial charge in [0.2, 0.25) is 5.69 Å². The predicted octanol–water partition coefficient (Wildman–Crippen LogP) is 3.93. The first-order valence-corrected chi connectivity index (χ1v) is 7.80. The van der Waals surface area contributed by atoms with E-state index in [1.54, 1.807) is 0 Å². The van der Waals surface area contributed by atoms with Crippen LogP contribution in [0.2, 0.25) is 0 Å². The van der Waals surface area contributed by atoms with Crippen molar-refractivity contribution in [3.8, 4) is 28.5 Å². The number of fused-ring (bicyclic) bond motifs is 3. The van der Waals surface area contributed by atoms with Crippen molar-refractivity contribution in [2.24, 2.45) is 7.05 Å². The summed E-state index contributed by atoms with van der Waals surface area (Å²) in [4.78, 5) is 0. The van der Waals surface area contributed by atoms with Crippen LogP contribution in [0, 0.1) is 18.3 Å². The summed E-state index contributed by atoms with van der Waals surface area (Å²) in [6.45, 7) is 2.10. The topological polar surface area (TPSA) is 27.7 Å². The maximum atomic E-state index is 9.61. The lowest BCUT2D eigenvalue weighted by Gasteiger charge is -2.12. The van der Waals surface area contributed by atoms with E-state index in [4.69, 9.17) is 0 Å². The Morgan fingerprint density at radius 2 is 1.83 bits per heavy atom. The standard InChI is InChI=1S/C21H17N2/c1-14-11-16(13-22)21-17-8-4-3-7-15(17)12-18(21)20(14)19-9-5-6-10-23(19)2/h3-11H,12H2,1-2H3/q+1. The molecule has 4 rings (SSSR count). The van der Waals surface area contributed by atoms with Gasteiger partial charge in [0.05, 0.1) is 17.2 Å². The zero-order valence-electron chi connectivity index (χ0n) is 13.3. The average Bonchev–Trinajstić information content (AvgIpc) is 2.94. The summed E-state index contributed by atoms with van der Waals surface area (Å²) < 4.78 is 2.15. The summed E-state index contributed by atoms with van der Waals surface area (Å²) in [6, 6.07) is 19.1. The molecule has 0 bridgehead atoms. The van der Waals surface area contributed by atoms with Gasteiger partial charge >= 0.3 is 0 Å². The molecule has 2 nitrogen and oxygen atoms in total. The van der Waals surface area contributed by atoms with Crippen LogP contribution in [0.1, 0.15) is 22.3 Å². The van der Waals surface area contributed by atoms with Crippen LogP contribution in [0.25, 0.3) is 22.4 Å². The average molecular weight is 297 g/mol. The van der Waals surface area contributed by atoms with Crippen molar-refractivity contribution in [1.82, 2.24) is 0 Å². The molecule has 2 aromatic carbocycles. The maximum absolute atomic E-state index is 9.61. The minimum absolute atomic E-state index is 0.782. The molecule has 1 aliphatic rings. The first-order chi connectivity index (χ1) is 11.2. The molecule has 0 saturated heterocycles. The van der Waals surface area contributed by atoms with E-state index in [0.29, 0.717) is 0 Å². The van der Waals surface area contributed by atoms with Gasteiger partial charge in [-0.2, -0.15) is 5.26 Å². The summed E-state index contributed by atoms with van der Waals surface area (Å²) in [6.07, 6.45) is 2.97. The molecule has 0 saturated carbocycles. The van der Waals surface area contributed by atoms with Crippen LogP contribution in [0.4, 0.5) is 0 Å². The fraction of sp³-hybridized carbons (Fsp3) is 0.143. The van der Waals surface area contributed by atoms with Gasteiger partial charge < -0.3 is 0 Å². The van der Waals surface area contributed by atoms with Gasteiger partial charge in [-0.25, -0.2) is 4.57 Å². The van der Waals surface area contributed by atoms with Gasteiger partial charge in [0.25, 0.3) is 0 Å². The lowest BCUT2D eigenvalue weighted by Crippen LogP contribution is -2.30. The highest BCUT2D eigenvalue weighted by Crippen LogP contribution is 2.44. The Kier molecular flexibility index (Phi) is 3.02. The predicted molar refractivity (Wildman–Crippen MR) is 90.7 cm³/mol. The Balaban J connectivity index is 2.09. The first kappa shape index (κ1) is 13.7. The van der Waals surface area contributed by atoms with E-state index in [1.807, 2.05) is 12.1 Å². The number of nitrogens with zero attached hydrogens (tertiary/aromatic N) is 2. The second kappa shape index (κ2) is 5.07. The zero-order chi connectivity index (χ0) is 16.0. The van der Waals surface area contributed by atoms with Crippen LogP contribution in [0.5, 0.6) is 0 Å². The molecule has 1 aromatic heterocycles. The van der Waals surface area contributed by atoms with Gasteiger partial charge in [-0.15, -0.1) is 0 Å². The largest absolute Gasteiger partial charge is 0.212 e. The molecule has 2 heteroatoms. The number of pyridine rings is 1. The van der Waals surface area contributed by atoms with E-state index in [0.717, 1.165) is 23.1 Å². The molecule has 3 aromatic rings. The summed E-state index contributed by atoms with van der Waals surface area (Å²) in [7, 11) is 2.07. The molecular formula is C21H17N2+. The van der Waals surface area contributed by atoms with Crippen molar-refractivity contribution in [2.45, 2.75) is 13.3 Å². The number of hydrogen-bond acceptors (Lipinski definition) is 1. The molecule has 0 unspecified atom stereocenters. The van der Waals surface area contributed by atoms with Crippen LogP contribution in [-0.2, 0) is 13.5 Å². The SMILES string of the molecule is Cc1cc(C#N)c2c(c1-c1cccc[n+]1C)Cc1ccccc1-2.